The first-order valence-corrected chi connectivity index (χ1v) is 9.27. The van der Waals surface area contributed by atoms with Gasteiger partial charge in [-0.05, 0) is 23.1 Å². The molecule has 0 aliphatic rings. The van der Waals surface area contributed by atoms with Gasteiger partial charge in [-0.15, -0.1) is 22.7 Å². The molecule has 0 N–H and O–H groups in total. The highest BCUT2D eigenvalue weighted by molar-refractivity contribution is 7.20. The summed E-state index contributed by atoms with van der Waals surface area (Å²) in [5.74, 6) is -0.262. The van der Waals surface area contributed by atoms with E-state index in [0.717, 1.165) is 9.88 Å². The molecule has 0 aliphatic carbocycles. The maximum atomic E-state index is 12.6. The lowest BCUT2D eigenvalue weighted by molar-refractivity contribution is -0.384. The number of hydrogen-bond acceptors (Lipinski definition) is 6. The fourth-order valence-corrected chi connectivity index (χ4v) is 3.99. The molecule has 0 saturated carbocycles. The molecule has 6 nitrogen and oxygen atoms in total. The van der Waals surface area contributed by atoms with Gasteiger partial charge in [-0.2, -0.15) is 0 Å². The van der Waals surface area contributed by atoms with E-state index in [4.69, 9.17) is 11.6 Å². The number of benzene rings is 1. The van der Waals surface area contributed by atoms with E-state index in [-0.39, 0.29) is 18.1 Å². The van der Waals surface area contributed by atoms with Crippen molar-refractivity contribution in [2.75, 3.05) is 7.05 Å². The van der Waals surface area contributed by atoms with Crippen molar-refractivity contribution in [1.29, 1.82) is 0 Å². The van der Waals surface area contributed by atoms with Crippen LogP contribution in [-0.4, -0.2) is 27.8 Å². The second kappa shape index (κ2) is 7.30. The van der Waals surface area contributed by atoms with Crippen molar-refractivity contribution in [3.8, 4) is 9.88 Å². The number of rotatable bonds is 5. The van der Waals surface area contributed by atoms with Crippen molar-refractivity contribution in [3.63, 3.8) is 0 Å². The number of thiazole rings is 1. The SMILES string of the molecule is CN(Cc1cc([N+](=O)[O-])ccc1Cl)C(=O)c1csc(-c2cccs2)n1. The number of amides is 1. The van der Waals surface area contributed by atoms with E-state index in [1.54, 1.807) is 23.8 Å². The minimum atomic E-state index is -0.491. The zero-order chi connectivity index (χ0) is 18.0. The molecular formula is C16H12ClN3O3S2. The lowest BCUT2D eigenvalue weighted by atomic mass is 10.2. The molecule has 9 heteroatoms. The summed E-state index contributed by atoms with van der Waals surface area (Å²) >= 11 is 9.06. The monoisotopic (exact) mass is 393 g/mol. The molecule has 2 heterocycles. The van der Waals surface area contributed by atoms with Crippen molar-refractivity contribution in [2.24, 2.45) is 0 Å². The predicted octanol–water partition coefficient (Wildman–Crippen LogP) is 4.71. The normalized spacial score (nSPS) is 10.6. The molecule has 3 aromatic rings. The van der Waals surface area contributed by atoms with Crippen molar-refractivity contribution in [3.05, 3.63) is 67.5 Å². The molecule has 0 fully saturated rings. The van der Waals surface area contributed by atoms with E-state index < -0.39 is 4.92 Å². The summed E-state index contributed by atoms with van der Waals surface area (Å²) in [6.07, 6.45) is 0. The number of aromatic nitrogens is 1. The average Bonchev–Trinajstić information content (AvgIpc) is 3.27. The van der Waals surface area contributed by atoms with Gasteiger partial charge in [0.2, 0.25) is 0 Å². The quantitative estimate of drug-likeness (QED) is 0.464. The van der Waals surface area contributed by atoms with Gasteiger partial charge < -0.3 is 4.90 Å². The molecule has 0 bridgehead atoms. The lowest BCUT2D eigenvalue weighted by Crippen LogP contribution is -2.26. The fraction of sp³-hybridized carbons (Fsp3) is 0.125. The number of hydrogen-bond donors (Lipinski definition) is 0. The van der Waals surface area contributed by atoms with Crippen LogP contribution in [0.4, 0.5) is 5.69 Å². The van der Waals surface area contributed by atoms with Gasteiger partial charge in [0.1, 0.15) is 10.7 Å². The third kappa shape index (κ3) is 3.87. The maximum absolute atomic E-state index is 12.6. The summed E-state index contributed by atoms with van der Waals surface area (Å²) in [6, 6.07) is 8.06. The van der Waals surface area contributed by atoms with E-state index >= 15 is 0 Å². The first kappa shape index (κ1) is 17.5. The van der Waals surface area contributed by atoms with E-state index in [2.05, 4.69) is 4.98 Å². The van der Waals surface area contributed by atoms with Gasteiger partial charge in [-0.3, -0.25) is 14.9 Å². The van der Waals surface area contributed by atoms with Crippen molar-refractivity contribution in [2.45, 2.75) is 6.54 Å². The summed E-state index contributed by atoms with van der Waals surface area (Å²) < 4.78 is 0. The van der Waals surface area contributed by atoms with Gasteiger partial charge in [-0.1, -0.05) is 17.7 Å². The van der Waals surface area contributed by atoms with E-state index in [0.29, 0.717) is 16.3 Å². The number of carbonyl (C=O) groups excluding carboxylic acids is 1. The second-order valence-electron chi connectivity index (χ2n) is 5.21. The number of thiophene rings is 1. The average molecular weight is 394 g/mol. The Kier molecular flexibility index (Phi) is 5.12. The van der Waals surface area contributed by atoms with Crippen LogP contribution in [0.25, 0.3) is 9.88 Å². The number of nitrogens with zero attached hydrogens (tertiary/aromatic N) is 3. The number of halogens is 1. The minimum absolute atomic E-state index is 0.0612. The van der Waals surface area contributed by atoms with Crippen LogP contribution in [0.2, 0.25) is 5.02 Å². The second-order valence-corrected chi connectivity index (χ2v) is 7.42. The zero-order valence-electron chi connectivity index (χ0n) is 13.0. The molecule has 128 valence electrons. The molecule has 0 radical (unpaired) electrons. The summed E-state index contributed by atoms with van der Waals surface area (Å²) in [5, 5.41) is 15.7. The van der Waals surface area contributed by atoms with Crippen LogP contribution < -0.4 is 0 Å². The largest absolute Gasteiger partial charge is 0.336 e. The first-order chi connectivity index (χ1) is 12.0. The Morgan fingerprint density at radius 2 is 2.16 bits per heavy atom. The van der Waals surface area contributed by atoms with Crippen LogP contribution in [0, 0.1) is 10.1 Å². The van der Waals surface area contributed by atoms with Gasteiger partial charge >= 0.3 is 0 Å². The molecule has 1 aromatic carbocycles. The highest BCUT2D eigenvalue weighted by Crippen LogP contribution is 2.28. The zero-order valence-corrected chi connectivity index (χ0v) is 15.4. The predicted molar refractivity (Wildman–Crippen MR) is 99.3 cm³/mol. The third-order valence-corrected chi connectivity index (χ3v) is 5.70. The minimum Gasteiger partial charge on any atom is -0.336 e. The Hall–Kier alpha value is -2.29. The van der Waals surface area contributed by atoms with Crippen LogP contribution >= 0.6 is 34.3 Å². The van der Waals surface area contributed by atoms with Gasteiger partial charge in [0.05, 0.1) is 9.80 Å². The molecule has 3 rings (SSSR count). The topological polar surface area (TPSA) is 76.3 Å². The highest BCUT2D eigenvalue weighted by atomic mass is 35.5. The molecule has 25 heavy (non-hydrogen) atoms. The molecule has 0 spiro atoms. The van der Waals surface area contributed by atoms with Crippen molar-refractivity contribution < 1.29 is 9.72 Å². The summed E-state index contributed by atoms with van der Waals surface area (Å²) in [5.41, 5.74) is 0.798. The van der Waals surface area contributed by atoms with Crippen LogP contribution in [0.1, 0.15) is 16.1 Å². The van der Waals surface area contributed by atoms with Gasteiger partial charge in [-0.25, -0.2) is 4.98 Å². The van der Waals surface area contributed by atoms with E-state index in [1.807, 2.05) is 17.5 Å². The summed E-state index contributed by atoms with van der Waals surface area (Å²) in [6.45, 7) is 0.158. The number of non-ortho nitro benzene ring substituents is 1. The summed E-state index contributed by atoms with van der Waals surface area (Å²) in [7, 11) is 1.61. The molecular weight excluding hydrogens is 382 g/mol. The van der Waals surface area contributed by atoms with E-state index in [1.165, 1.54) is 34.4 Å². The smallest absolute Gasteiger partial charge is 0.273 e. The van der Waals surface area contributed by atoms with Gasteiger partial charge in [0.15, 0.2) is 0 Å². The van der Waals surface area contributed by atoms with Crippen LogP contribution in [0.15, 0.2) is 41.1 Å². The Bertz CT molecular complexity index is 925. The molecule has 1 amide bonds. The Labute approximate surface area is 156 Å². The van der Waals surface area contributed by atoms with Crippen LogP contribution in [-0.2, 0) is 6.54 Å². The number of nitro groups is 1. The van der Waals surface area contributed by atoms with Gasteiger partial charge in [0, 0.05) is 36.1 Å². The molecule has 0 atom stereocenters. The highest BCUT2D eigenvalue weighted by Gasteiger charge is 2.19. The number of nitro benzene ring substituents is 1. The standard InChI is InChI=1S/C16H12ClN3O3S2/c1-19(8-10-7-11(20(22)23)4-5-12(10)17)16(21)13-9-25-15(18-13)14-3-2-6-24-14/h2-7,9H,8H2,1H3. The van der Waals surface area contributed by atoms with E-state index in [9.17, 15) is 14.9 Å². The maximum Gasteiger partial charge on any atom is 0.273 e. The molecule has 2 aromatic heterocycles. The number of carbonyl (C=O) groups is 1. The van der Waals surface area contributed by atoms with Crippen molar-refractivity contribution in [1.82, 2.24) is 9.88 Å². The molecule has 0 aliphatic heterocycles. The fourth-order valence-electron chi connectivity index (χ4n) is 2.20. The van der Waals surface area contributed by atoms with Crippen LogP contribution in [0.3, 0.4) is 0 Å². The Morgan fingerprint density at radius 3 is 2.84 bits per heavy atom. The summed E-state index contributed by atoms with van der Waals surface area (Å²) in [4.78, 5) is 29.8. The molecule has 0 unspecified atom stereocenters. The lowest BCUT2D eigenvalue weighted by Gasteiger charge is -2.16. The Balaban J connectivity index is 1.77. The Morgan fingerprint density at radius 1 is 1.36 bits per heavy atom. The van der Waals surface area contributed by atoms with Gasteiger partial charge in [0.25, 0.3) is 11.6 Å². The van der Waals surface area contributed by atoms with Crippen molar-refractivity contribution >= 4 is 45.9 Å². The first-order valence-electron chi connectivity index (χ1n) is 7.13. The third-order valence-electron chi connectivity index (χ3n) is 3.45. The molecule has 0 saturated heterocycles. The van der Waals surface area contributed by atoms with Crippen LogP contribution in [0.5, 0.6) is 0 Å².